The Morgan fingerprint density at radius 1 is 1.33 bits per heavy atom. The van der Waals surface area contributed by atoms with Gasteiger partial charge in [-0.3, -0.25) is 4.72 Å². The van der Waals surface area contributed by atoms with Gasteiger partial charge in [0.1, 0.15) is 16.5 Å². The lowest BCUT2D eigenvalue weighted by atomic mass is 10.3. The normalized spacial score (nSPS) is 11.6. The Balaban J connectivity index is 2.31. The second-order valence-corrected chi connectivity index (χ2v) is 7.53. The van der Waals surface area contributed by atoms with Crippen LogP contribution >= 0.6 is 31.9 Å². The number of hydrogen-bond donors (Lipinski definition) is 2. The molecule has 114 valence electrons. The zero-order chi connectivity index (χ0) is 15.6. The van der Waals surface area contributed by atoms with Gasteiger partial charge in [-0.15, -0.1) is 0 Å². The number of rotatable bonds is 5. The number of halogens is 2. The average molecular weight is 439 g/mol. The van der Waals surface area contributed by atoms with Crippen molar-refractivity contribution in [2.24, 2.45) is 0 Å². The van der Waals surface area contributed by atoms with Crippen LogP contribution in [0.1, 0.15) is 11.3 Å². The molecule has 2 aromatic heterocycles. The van der Waals surface area contributed by atoms with Crippen molar-refractivity contribution in [1.29, 1.82) is 0 Å². The summed E-state index contributed by atoms with van der Waals surface area (Å²) in [6.45, 7) is 2.28. The van der Waals surface area contributed by atoms with Crippen LogP contribution in [0.5, 0.6) is 0 Å². The predicted molar refractivity (Wildman–Crippen MR) is 86.7 cm³/mol. The van der Waals surface area contributed by atoms with Crippen LogP contribution in [0.4, 0.5) is 5.82 Å². The van der Waals surface area contributed by atoms with Crippen LogP contribution in [0, 0.1) is 6.92 Å². The van der Waals surface area contributed by atoms with E-state index in [0.717, 1.165) is 10.0 Å². The second kappa shape index (κ2) is 6.47. The first-order valence-corrected chi connectivity index (χ1v) is 8.98. The maximum Gasteiger partial charge on any atom is 0.267 e. The van der Waals surface area contributed by atoms with E-state index in [1.807, 2.05) is 6.92 Å². The van der Waals surface area contributed by atoms with Crippen molar-refractivity contribution in [3.8, 4) is 0 Å². The van der Waals surface area contributed by atoms with E-state index in [2.05, 4.69) is 46.9 Å². The summed E-state index contributed by atoms with van der Waals surface area (Å²) >= 11 is 6.44. The SMILES string of the molecule is CNCc1cc(S(=O)(=O)Nc2cc(C)c(Br)cn2)c(Br)o1. The lowest BCUT2D eigenvalue weighted by Crippen LogP contribution is -2.14. The van der Waals surface area contributed by atoms with Gasteiger partial charge in [0, 0.05) is 16.7 Å². The molecular weight excluding hydrogens is 426 g/mol. The van der Waals surface area contributed by atoms with Gasteiger partial charge in [-0.1, -0.05) is 0 Å². The van der Waals surface area contributed by atoms with Gasteiger partial charge in [0.25, 0.3) is 10.0 Å². The summed E-state index contributed by atoms with van der Waals surface area (Å²) in [7, 11) is -2.02. The highest BCUT2D eigenvalue weighted by molar-refractivity contribution is 9.10. The maximum absolute atomic E-state index is 12.4. The molecule has 0 radical (unpaired) electrons. The lowest BCUT2D eigenvalue weighted by Gasteiger charge is -2.07. The number of aryl methyl sites for hydroxylation is 1. The van der Waals surface area contributed by atoms with Gasteiger partial charge in [-0.2, -0.15) is 0 Å². The van der Waals surface area contributed by atoms with Crippen LogP contribution in [0.2, 0.25) is 0 Å². The molecule has 21 heavy (non-hydrogen) atoms. The van der Waals surface area contributed by atoms with Crippen molar-refractivity contribution in [1.82, 2.24) is 10.3 Å². The fourth-order valence-electron chi connectivity index (χ4n) is 1.63. The number of aromatic nitrogens is 1. The Bertz CT molecular complexity index is 759. The van der Waals surface area contributed by atoms with Crippen LogP contribution in [0.15, 0.2) is 36.8 Å². The third kappa shape index (κ3) is 3.85. The summed E-state index contributed by atoms with van der Waals surface area (Å²) in [5.41, 5.74) is 0.879. The molecular formula is C12H13Br2N3O3S. The first-order valence-electron chi connectivity index (χ1n) is 5.91. The molecule has 0 aliphatic carbocycles. The van der Waals surface area contributed by atoms with E-state index in [0.29, 0.717) is 12.3 Å². The van der Waals surface area contributed by atoms with Crippen LogP contribution in [-0.2, 0) is 16.6 Å². The van der Waals surface area contributed by atoms with Gasteiger partial charge in [-0.25, -0.2) is 13.4 Å². The van der Waals surface area contributed by atoms with Crippen molar-refractivity contribution in [2.75, 3.05) is 11.8 Å². The molecule has 0 aromatic carbocycles. The maximum atomic E-state index is 12.4. The molecule has 0 unspecified atom stereocenters. The van der Waals surface area contributed by atoms with E-state index in [9.17, 15) is 8.42 Å². The molecule has 2 rings (SSSR count). The largest absolute Gasteiger partial charge is 0.451 e. The van der Waals surface area contributed by atoms with E-state index in [4.69, 9.17) is 4.42 Å². The topological polar surface area (TPSA) is 84.2 Å². The standard InChI is InChI=1S/C12H13Br2N3O3S/c1-7-3-11(16-6-9(7)13)17-21(18,19)10-4-8(5-15-2)20-12(10)14/h3-4,6,15H,5H2,1-2H3,(H,16,17). The summed E-state index contributed by atoms with van der Waals surface area (Å²) in [5.74, 6) is 0.767. The number of furan rings is 1. The Morgan fingerprint density at radius 2 is 2.05 bits per heavy atom. The number of anilines is 1. The minimum atomic E-state index is -3.77. The van der Waals surface area contributed by atoms with Crippen LogP contribution in [0.3, 0.4) is 0 Å². The van der Waals surface area contributed by atoms with Crippen LogP contribution in [-0.4, -0.2) is 20.4 Å². The van der Waals surface area contributed by atoms with Crippen molar-refractivity contribution >= 4 is 47.7 Å². The monoisotopic (exact) mass is 437 g/mol. The van der Waals surface area contributed by atoms with Gasteiger partial charge in [0.05, 0.1) is 6.54 Å². The lowest BCUT2D eigenvalue weighted by molar-refractivity contribution is 0.470. The molecule has 6 nitrogen and oxygen atoms in total. The number of sulfonamides is 1. The zero-order valence-corrected chi connectivity index (χ0v) is 15.3. The predicted octanol–water partition coefficient (Wildman–Crippen LogP) is 3.03. The highest BCUT2D eigenvalue weighted by Crippen LogP contribution is 2.28. The number of nitrogens with one attached hydrogen (secondary N) is 2. The second-order valence-electron chi connectivity index (χ2n) is 4.31. The van der Waals surface area contributed by atoms with Gasteiger partial charge >= 0.3 is 0 Å². The highest BCUT2D eigenvalue weighted by Gasteiger charge is 2.23. The van der Waals surface area contributed by atoms with Gasteiger partial charge in [-0.05, 0) is 57.5 Å². The van der Waals surface area contributed by atoms with Crippen LogP contribution < -0.4 is 10.0 Å². The first kappa shape index (κ1) is 16.5. The summed E-state index contributed by atoms with van der Waals surface area (Å²) in [6, 6.07) is 3.11. The molecule has 0 aliphatic rings. The smallest absolute Gasteiger partial charge is 0.267 e. The zero-order valence-electron chi connectivity index (χ0n) is 11.3. The van der Waals surface area contributed by atoms with E-state index < -0.39 is 10.0 Å². The summed E-state index contributed by atoms with van der Waals surface area (Å²) in [5, 5.41) is 2.89. The number of hydrogen-bond acceptors (Lipinski definition) is 5. The minimum Gasteiger partial charge on any atom is -0.451 e. The third-order valence-corrected chi connectivity index (χ3v) is 5.67. The van der Waals surface area contributed by atoms with Crippen molar-refractivity contribution in [3.05, 3.63) is 38.8 Å². The van der Waals surface area contributed by atoms with Gasteiger partial charge in [0.15, 0.2) is 4.67 Å². The number of nitrogens with zero attached hydrogens (tertiary/aromatic N) is 1. The Hall–Kier alpha value is -0.900. The van der Waals surface area contributed by atoms with Gasteiger partial charge in [0.2, 0.25) is 0 Å². The van der Waals surface area contributed by atoms with E-state index >= 15 is 0 Å². The van der Waals surface area contributed by atoms with Gasteiger partial charge < -0.3 is 9.73 Å². The fraction of sp³-hybridized carbons (Fsp3) is 0.250. The molecule has 0 amide bonds. The Labute approximate surface area is 139 Å². The van der Waals surface area contributed by atoms with Crippen molar-refractivity contribution < 1.29 is 12.8 Å². The fourth-order valence-corrected chi connectivity index (χ4v) is 3.85. The molecule has 0 aliphatic heterocycles. The molecule has 2 heterocycles. The van der Waals surface area contributed by atoms with Crippen LogP contribution in [0.25, 0.3) is 0 Å². The number of pyridine rings is 1. The van der Waals surface area contributed by atoms with E-state index in [1.165, 1.54) is 6.07 Å². The highest BCUT2D eigenvalue weighted by atomic mass is 79.9. The summed E-state index contributed by atoms with van der Waals surface area (Å²) < 4.78 is 33.5. The molecule has 0 atom stereocenters. The molecule has 0 bridgehead atoms. The van der Waals surface area contributed by atoms with Crippen molar-refractivity contribution in [2.45, 2.75) is 18.4 Å². The minimum absolute atomic E-state index is 0.0371. The Kier molecular flexibility index (Phi) is 5.07. The molecule has 9 heteroatoms. The average Bonchev–Trinajstić information content (AvgIpc) is 2.76. The molecule has 0 spiro atoms. The molecule has 2 N–H and O–H groups in total. The summed E-state index contributed by atoms with van der Waals surface area (Å²) in [4.78, 5) is 4.06. The quantitative estimate of drug-likeness (QED) is 0.749. The van der Waals surface area contributed by atoms with E-state index in [1.54, 1.807) is 19.3 Å². The molecule has 0 fully saturated rings. The molecule has 0 saturated heterocycles. The third-order valence-electron chi connectivity index (χ3n) is 2.63. The summed E-state index contributed by atoms with van der Waals surface area (Å²) in [6.07, 6.45) is 1.55. The van der Waals surface area contributed by atoms with Crippen molar-refractivity contribution in [3.63, 3.8) is 0 Å². The Morgan fingerprint density at radius 3 is 2.67 bits per heavy atom. The first-order chi connectivity index (χ1) is 9.83. The van der Waals surface area contributed by atoms with E-state index in [-0.39, 0.29) is 15.4 Å². The molecule has 0 saturated carbocycles. The molecule has 2 aromatic rings.